The zero-order valence-corrected chi connectivity index (χ0v) is 17.0. The molecule has 0 aromatic heterocycles. The van der Waals surface area contributed by atoms with Crippen molar-refractivity contribution in [2.45, 2.75) is 6.42 Å². The summed E-state index contributed by atoms with van der Waals surface area (Å²) in [5, 5.41) is 14.7. The Morgan fingerprint density at radius 1 is 0.935 bits per heavy atom. The van der Waals surface area contributed by atoms with E-state index >= 15 is 0 Å². The number of hydrogen-bond donors (Lipinski definition) is 3. The number of benzene rings is 2. The van der Waals surface area contributed by atoms with Gasteiger partial charge in [-0.15, -0.1) is 0 Å². The number of ether oxygens (including phenoxy) is 1. The molecule has 0 saturated heterocycles. The quantitative estimate of drug-likeness (QED) is 0.409. The molecule has 1 aliphatic heterocycles. The van der Waals surface area contributed by atoms with Crippen LogP contribution in [0, 0.1) is 0 Å². The normalized spacial score (nSPS) is 12.6. The predicted octanol–water partition coefficient (Wildman–Crippen LogP) is 1.18. The first-order chi connectivity index (χ1) is 14.9. The summed E-state index contributed by atoms with van der Waals surface area (Å²) in [6, 6.07) is 10.3. The third kappa shape index (κ3) is 5.07. The van der Waals surface area contributed by atoms with Crippen LogP contribution in [0.5, 0.6) is 5.75 Å². The van der Waals surface area contributed by atoms with Crippen LogP contribution in [0.4, 0.5) is 0 Å². The van der Waals surface area contributed by atoms with E-state index in [0.29, 0.717) is 18.6 Å². The molecule has 162 valence electrons. The van der Waals surface area contributed by atoms with Gasteiger partial charge in [0, 0.05) is 44.5 Å². The summed E-state index contributed by atoms with van der Waals surface area (Å²) in [5.74, 6) is -1.61. The van der Waals surface area contributed by atoms with Gasteiger partial charge in [-0.2, -0.15) is 0 Å². The highest BCUT2D eigenvalue weighted by Gasteiger charge is 2.35. The van der Waals surface area contributed by atoms with Gasteiger partial charge in [-0.3, -0.25) is 24.1 Å². The number of carbonyl (C=O) groups is 4. The number of fused-ring (bicyclic) bond motifs is 1. The smallest absolute Gasteiger partial charge is 0.261 e. The molecule has 0 bridgehead atoms. The highest BCUT2D eigenvalue weighted by Crippen LogP contribution is 2.24. The van der Waals surface area contributed by atoms with Crippen molar-refractivity contribution in [2.75, 3.05) is 33.4 Å². The van der Waals surface area contributed by atoms with Gasteiger partial charge in [0.15, 0.2) is 0 Å². The monoisotopic (exact) mass is 425 g/mol. The minimum Gasteiger partial charge on any atom is -0.508 e. The van der Waals surface area contributed by atoms with E-state index in [1.54, 1.807) is 19.2 Å². The van der Waals surface area contributed by atoms with E-state index in [4.69, 9.17) is 4.74 Å². The van der Waals surface area contributed by atoms with Crippen molar-refractivity contribution in [3.8, 4) is 5.75 Å². The second kappa shape index (κ2) is 9.86. The van der Waals surface area contributed by atoms with Crippen molar-refractivity contribution in [2.24, 2.45) is 0 Å². The molecular weight excluding hydrogens is 402 g/mol. The Morgan fingerprint density at radius 3 is 2.23 bits per heavy atom. The van der Waals surface area contributed by atoms with Crippen LogP contribution in [0.1, 0.15) is 47.9 Å². The third-order valence-electron chi connectivity index (χ3n) is 4.77. The maximum atomic E-state index is 12.5. The van der Waals surface area contributed by atoms with Gasteiger partial charge < -0.3 is 20.5 Å². The molecule has 0 spiro atoms. The molecule has 0 fully saturated rings. The molecule has 31 heavy (non-hydrogen) atoms. The van der Waals surface area contributed by atoms with Gasteiger partial charge in [-0.1, -0.05) is 6.07 Å². The molecule has 0 saturated carbocycles. The summed E-state index contributed by atoms with van der Waals surface area (Å²) < 4.78 is 4.95. The lowest BCUT2D eigenvalue weighted by molar-refractivity contribution is 0.0638. The molecule has 1 heterocycles. The summed E-state index contributed by atoms with van der Waals surface area (Å²) in [4.78, 5) is 50.5. The molecule has 9 nitrogen and oxygen atoms in total. The largest absolute Gasteiger partial charge is 0.508 e. The van der Waals surface area contributed by atoms with E-state index < -0.39 is 11.8 Å². The first-order valence-electron chi connectivity index (χ1n) is 9.77. The topological polar surface area (TPSA) is 125 Å². The predicted molar refractivity (Wildman–Crippen MR) is 111 cm³/mol. The van der Waals surface area contributed by atoms with Crippen LogP contribution in [0.2, 0.25) is 0 Å². The van der Waals surface area contributed by atoms with E-state index in [2.05, 4.69) is 10.6 Å². The number of imide groups is 1. The fourth-order valence-corrected chi connectivity index (χ4v) is 3.21. The van der Waals surface area contributed by atoms with Gasteiger partial charge >= 0.3 is 0 Å². The number of carbonyl (C=O) groups excluding carboxylic acids is 4. The Balaban J connectivity index is 1.54. The van der Waals surface area contributed by atoms with E-state index in [1.807, 2.05) is 0 Å². The number of nitrogens with zero attached hydrogens (tertiary/aromatic N) is 1. The van der Waals surface area contributed by atoms with Crippen molar-refractivity contribution in [3.63, 3.8) is 0 Å². The Kier molecular flexibility index (Phi) is 6.99. The Bertz CT molecular complexity index is 1020. The Morgan fingerprint density at radius 2 is 1.58 bits per heavy atom. The number of nitrogens with one attached hydrogen (secondary N) is 2. The fourth-order valence-electron chi connectivity index (χ4n) is 3.21. The first-order valence-corrected chi connectivity index (χ1v) is 9.77. The highest BCUT2D eigenvalue weighted by molar-refractivity contribution is 6.22. The van der Waals surface area contributed by atoms with Crippen LogP contribution in [-0.2, 0) is 4.74 Å². The molecule has 0 aliphatic carbocycles. The van der Waals surface area contributed by atoms with Crippen molar-refractivity contribution >= 4 is 23.6 Å². The molecule has 0 radical (unpaired) electrons. The number of methoxy groups -OCH3 is 1. The van der Waals surface area contributed by atoms with Crippen LogP contribution in [0.15, 0.2) is 42.5 Å². The summed E-state index contributed by atoms with van der Waals surface area (Å²) in [6.45, 7) is 1.02. The van der Waals surface area contributed by atoms with E-state index in [9.17, 15) is 24.3 Å². The molecule has 1 aliphatic rings. The zero-order chi connectivity index (χ0) is 22.4. The first kappa shape index (κ1) is 22.0. The van der Waals surface area contributed by atoms with Crippen LogP contribution in [-0.4, -0.2) is 67.0 Å². The summed E-state index contributed by atoms with van der Waals surface area (Å²) in [5.41, 5.74) is 1.03. The highest BCUT2D eigenvalue weighted by atomic mass is 16.5. The average Bonchev–Trinajstić information content (AvgIpc) is 3.01. The van der Waals surface area contributed by atoms with E-state index in [1.165, 1.54) is 30.3 Å². The number of phenols is 1. The Hall–Kier alpha value is -3.72. The van der Waals surface area contributed by atoms with Gasteiger partial charge in [0.05, 0.1) is 11.1 Å². The molecule has 3 N–H and O–H groups in total. The number of amides is 4. The van der Waals surface area contributed by atoms with Crippen molar-refractivity contribution in [1.82, 2.24) is 15.5 Å². The molecule has 0 unspecified atom stereocenters. The summed E-state index contributed by atoms with van der Waals surface area (Å²) >= 11 is 0. The van der Waals surface area contributed by atoms with Crippen LogP contribution in [0.25, 0.3) is 0 Å². The van der Waals surface area contributed by atoms with Crippen molar-refractivity contribution in [1.29, 1.82) is 0 Å². The number of hydrogen-bond acceptors (Lipinski definition) is 6. The Labute approximate surface area is 179 Å². The van der Waals surface area contributed by atoms with Gasteiger partial charge in [0.1, 0.15) is 5.75 Å². The number of aromatic hydroxyl groups is 1. The minimum atomic E-state index is -0.427. The maximum absolute atomic E-state index is 12.5. The average molecular weight is 425 g/mol. The number of phenolic OH excluding ortho intramolecular Hbond substituents is 1. The lowest BCUT2D eigenvalue weighted by Crippen LogP contribution is -2.34. The van der Waals surface area contributed by atoms with Crippen LogP contribution < -0.4 is 10.6 Å². The molecule has 9 heteroatoms. The van der Waals surface area contributed by atoms with Crippen molar-refractivity contribution < 1.29 is 29.0 Å². The van der Waals surface area contributed by atoms with Crippen LogP contribution in [0.3, 0.4) is 0 Å². The van der Waals surface area contributed by atoms with Crippen molar-refractivity contribution in [3.05, 3.63) is 64.7 Å². The van der Waals surface area contributed by atoms with Gasteiger partial charge in [-0.05, 0) is 42.8 Å². The van der Waals surface area contributed by atoms with Crippen LogP contribution >= 0.6 is 0 Å². The van der Waals surface area contributed by atoms with Gasteiger partial charge in [0.2, 0.25) is 0 Å². The fraction of sp³-hybridized carbons (Fsp3) is 0.273. The summed E-state index contributed by atoms with van der Waals surface area (Å²) in [6.07, 6.45) is 0.531. The minimum absolute atomic E-state index is 0.0112. The SMILES string of the molecule is COCCCN1C(=O)c2ccc(C(=O)NCCNC(=O)c3cccc(O)c3)cc2C1=O. The van der Waals surface area contributed by atoms with Gasteiger partial charge in [-0.25, -0.2) is 0 Å². The summed E-state index contributed by atoms with van der Waals surface area (Å²) in [7, 11) is 1.55. The van der Waals surface area contributed by atoms with E-state index in [0.717, 1.165) is 4.90 Å². The molecule has 4 amide bonds. The van der Waals surface area contributed by atoms with E-state index in [-0.39, 0.29) is 53.9 Å². The molecule has 2 aromatic rings. The molecular formula is C22H23N3O6. The molecule has 0 atom stereocenters. The second-order valence-corrected chi connectivity index (χ2v) is 6.93. The lowest BCUT2D eigenvalue weighted by atomic mass is 10.1. The zero-order valence-electron chi connectivity index (χ0n) is 17.0. The standard InChI is InChI=1S/C22H23N3O6/c1-31-11-3-10-25-21(29)17-7-6-15(13-18(17)22(25)30)20(28)24-9-8-23-19(27)14-4-2-5-16(26)12-14/h2,4-7,12-13,26H,3,8-11H2,1H3,(H,23,27)(H,24,28). The number of rotatable bonds is 9. The third-order valence-corrected chi connectivity index (χ3v) is 4.77. The molecule has 2 aromatic carbocycles. The second-order valence-electron chi connectivity index (χ2n) is 6.93. The molecule has 3 rings (SSSR count). The maximum Gasteiger partial charge on any atom is 0.261 e. The lowest BCUT2D eigenvalue weighted by Gasteiger charge is -2.12. The van der Waals surface area contributed by atoms with Gasteiger partial charge in [0.25, 0.3) is 23.6 Å².